The summed E-state index contributed by atoms with van der Waals surface area (Å²) in [4.78, 5) is 21.1. The minimum Gasteiger partial charge on any atom is -0.399 e. The predicted octanol–water partition coefficient (Wildman–Crippen LogP) is 0.713. The van der Waals surface area contributed by atoms with Crippen molar-refractivity contribution < 1.29 is 4.79 Å². The molecule has 0 bridgehead atoms. The van der Waals surface area contributed by atoms with Gasteiger partial charge in [-0.2, -0.15) is 0 Å². The molecule has 6 heteroatoms. The zero-order valence-corrected chi connectivity index (χ0v) is 11.2. The van der Waals surface area contributed by atoms with Gasteiger partial charge in [0.2, 0.25) is 5.91 Å². The minimum absolute atomic E-state index is 0.00204. The van der Waals surface area contributed by atoms with E-state index in [-0.39, 0.29) is 5.91 Å². The van der Waals surface area contributed by atoms with E-state index in [1.54, 1.807) is 7.05 Å². The van der Waals surface area contributed by atoms with Gasteiger partial charge >= 0.3 is 0 Å². The number of aromatic nitrogens is 2. The fraction of sp³-hybridized carbons (Fsp3) is 0.385. The highest BCUT2D eigenvalue weighted by molar-refractivity contribution is 5.79. The van der Waals surface area contributed by atoms with Crippen molar-refractivity contribution in [1.29, 1.82) is 0 Å². The zero-order chi connectivity index (χ0) is 13.8. The van der Waals surface area contributed by atoms with E-state index in [1.165, 1.54) is 0 Å². The van der Waals surface area contributed by atoms with Gasteiger partial charge in [-0.3, -0.25) is 9.69 Å². The zero-order valence-electron chi connectivity index (χ0n) is 11.2. The van der Waals surface area contributed by atoms with E-state index in [0.717, 1.165) is 23.4 Å². The fourth-order valence-electron chi connectivity index (χ4n) is 1.93. The van der Waals surface area contributed by atoms with E-state index in [0.29, 0.717) is 18.8 Å². The normalized spacial score (nSPS) is 11.1. The Morgan fingerprint density at radius 1 is 1.53 bits per heavy atom. The largest absolute Gasteiger partial charge is 0.399 e. The van der Waals surface area contributed by atoms with Crippen LogP contribution in [0.25, 0.3) is 11.0 Å². The highest BCUT2D eigenvalue weighted by atomic mass is 16.1. The topological polar surface area (TPSA) is 87.0 Å². The number of H-pyrrole nitrogens is 1. The molecule has 0 fully saturated rings. The number of nitrogens with zero attached hydrogens (tertiary/aromatic N) is 2. The number of nitrogens with one attached hydrogen (secondary N) is 2. The quantitative estimate of drug-likeness (QED) is 0.692. The number of hydrogen-bond donors (Lipinski definition) is 3. The van der Waals surface area contributed by atoms with Crippen LogP contribution in [0.5, 0.6) is 0 Å². The van der Waals surface area contributed by atoms with Crippen LogP contribution in [0, 0.1) is 0 Å². The Labute approximate surface area is 112 Å². The van der Waals surface area contributed by atoms with Crippen LogP contribution in [0.15, 0.2) is 18.2 Å². The molecular formula is C13H19N5O. The summed E-state index contributed by atoms with van der Waals surface area (Å²) in [6.07, 6.45) is 0. The molecule has 0 saturated heterocycles. The van der Waals surface area contributed by atoms with E-state index < -0.39 is 0 Å². The smallest absolute Gasteiger partial charge is 0.233 e. The molecule has 0 aliphatic heterocycles. The lowest BCUT2D eigenvalue weighted by Gasteiger charge is -2.17. The first-order chi connectivity index (χ1) is 9.12. The highest BCUT2D eigenvalue weighted by Gasteiger charge is 2.11. The molecule has 0 spiro atoms. The summed E-state index contributed by atoms with van der Waals surface area (Å²) in [6, 6.07) is 5.58. The Balaban J connectivity index is 2.13. The van der Waals surface area contributed by atoms with Crippen LogP contribution in [0.4, 0.5) is 5.69 Å². The number of fused-ring (bicyclic) bond motifs is 1. The average Bonchev–Trinajstić information content (AvgIpc) is 2.79. The number of nitrogen functional groups attached to an aromatic ring is 1. The number of imidazole rings is 1. The van der Waals surface area contributed by atoms with Gasteiger partial charge in [-0.05, 0) is 24.7 Å². The van der Waals surface area contributed by atoms with Gasteiger partial charge in [0.25, 0.3) is 0 Å². The van der Waals surface area contributed by atoms with E-state index in [2.05, 4.69) is 15.3 Å². The first-order valence-electron chi connectivity index (χ1n) is 6.29. The number of benzene rings is 1. The highest BCUT2D eigenvalue weighted by Crippen LogP contribution is 2.15. The lowest BCUT2D eigenvalue weighted by molar-refractivity contribution is -0.121. The standard InChI is InChI=1S/C13H19N5O/c1-3-18(8-13(19)15-2)7-12-16-10-5-4-9(14)6-11(10)17-12/h4-6H,3,7-8,14H2,1-2H3,(H,15,19)(H,16,17). The molecule has 1 heterocycles. The van der Waals surface area contributed by atoms with Crippen LogP contribution in [-0.2, 0) is 11.3 Å². The summed E-state index contributed by atoms with van der Waals surface area (Å²) in [5.41, 5.74) is 8.25. The summed E-state index contributed by atoms with van der Waals surface area (Å²) in [6.45, 7) is 3.78. The van der Waals surface area contributed by atoms with Gasteiger partial charge in [-0.15, -0.1) is 0 Å². The maximum atomic E-state index is 11.4. The van der Waals surface area contributed by atoms with Crippen molar-refractivity contribution in [2.45, 2.75) is 13.5 Å². The van der Waals surface area contributed by atoms with Crippen molar-refractivity contribution in [1.82, 2.24) is 20.2 Å². The van der Waals surface area contributed by atoms with E-state index in [1.807, 2.05) is 30.0 Å². The number of anilines is 1. The van der Waals surface area contributed by atoms with E-state index in [4.69, 9.17) is 5.73 Å². The number of likely N-dealkylation sites (N-methyl/N-ethyl adjacent to an activating group) is 2. The van der Waals surface area contributed by atoms with Gasteiger partial charge in [-0.1, -0.05) is 6.92 Å². The van der Waals surface area contributed by atoms with Gasteiger partial charge in [0, 0.05) is 12.7 Å². The Kier molecular flexibility index (Phi) is 4.01. The molecule has 0 saturated carbocycles. The molecule has 6 nitrogen and oxygen atoms in total. The molecule has 19 heavy (non-hydrogen) atoms. The number of hydrogen-bond acceptors (Lipinski definition) is 4. The third-order valence-electron chi connectivity index (χ3n) is 3.02. The molecule has 1 amide bonds. The molecule has 0 aliphatic carbocycles. The molecular weight excluding hydrogens is 242 g/mol. The van der Waals surface area contributed by atoms with Crippen molar-refractivity contribution in [2.75, 3.05) is 25.9 Å². The van der Waals surface area contributed by atoms with Crippen LogP contribution in [0.2, 0.25) is 0 Å². The summed E-state index contributed by atoms with van der Waals surface area (Å²) < 4.78 is 0. The molecule has 0 atom stereocenters. The number of aromatic amines is 1. The van der Waals surface area contributed by atoms with Gasteiger partial charge in [-0.25, -0.2) is 4.98 Å². The number of carbonyl (C=O) groups is 1. The first-order valence-corrected chi connectivity index (χ1v) is 6.29. The molecule has 0 unspecified atom stereocenters. The molecule has 0 radical (unpaired) electrons. The number of nitrogens with two attached hydrogens (primary N) is 1. The lowest BCUT2D eigenvalue weighted by atomic mass is 10.3. The van der Waals surface area contributed by atoms with Gasteiger partial charge in [0.1, 0.15) is 5.82 Å². The minimum atomic E-state index is 0.00204. The van der Waals surface area contributed by atoms with Crippen molar-refractivity contribution in [2.24, 2.45) is 0 Å². The monoisotopic (exact) mass is 261 g/mol. The number of carbonyl (C=O) groups excluding carboxylic acids is 1. The first kappa shape index (κ1) is 13.4. The Bertz CT molecular complexity index is 577. The summed E-state index contributed by atoms with van der Waals surface area (Å²) in [5, 5.41) is 2.62. The van der Waals surface area contributed by atoms with E-state index >= 15 is 0 Å². The molecule has 0 aliphatic rings. The maximum absolute atomic E-state index is 11.4. The molecule has 4 N–H and O–H groups in total. The second kappa shape index (κ2) is 5.71. The van der Waals surface area contributed by atoms with Gasteiger partial charge < -0.3 is 16.0 Å². The third kappa shape index (κ3) is 3.23. The third-order valence-corrected chi connectivity index (χ3v) is 3.02. The number of rotatable bonds is 5. The summed E-state index contributed by atoms with van der Waals surface area (Å²) in [5.74, 6) is 0.841. The van der Waals surface area contributed by atoms with Crippen LogP contribution in [0.1, 0.15) is 12.7 Å². The maximum Gasteiger partial charge on any atom is 0.233 e. The fourth-order valence-corrected chi connectivity index (χ4v) is 1.93. The molecule has 1 aromatic heterocycles. The van der Waals surface area contributed by atoms with Gasteiger partial charge in [0.05, 0.1) is 24.1 Å². The molecule has 102 valence electrons. The second-order valence-electron chi connectivity index (χ2n) is 4.44. The van der Waals surface area contributed by atoms with Crippen molar-refractivity contribution in [3.05, 3.63) is 24.0 Å². The van der Waals surface area contributed by atoms with Crippen molar-refractivity contribution >= 4 is 22.6 Å². The summed E-state index contributed by atoms with van der Waals surface area (Å²) >= 11 is 0. The van der Waals surface area contributed by atoms with Crippen molar-refractivity contribution in [3.8, 4) is 0 Å². The Morgan fingerprint density at radius 3 is 3.00 bits per heavy atom. The van der Waals surface area contributed by atoms with Crippen LogP contribution in [0.3, 0.4) is 0 Å². The number of amides is 1. The Hall–Kier alpha value is -2.08. The SMILES string of the molecule is CCN(CC(=O)NC)Cc1nc2ccc(N)cc2[nH]1. The second-order valence-corrected chi connectivity index (χ2v) is 4.44. The summed E-state index contributed by atoms with van der Waals surface area (Å²) in [7, 11) is 1.64. The lowest BCUT2D eigenvalue weighted by Crippen LogP contribution is -2.35. The average molecular weight is 261 g/mol. The van der Waals surface area contributed by atoms with E-state index in [9.17, 15) is 4.79 Å². The van der Waals surface area contributed by atoms with Crippen molar-refractivity contribution in [3.63, 3.8) is 0 Å². The van der Waals surface area contributed by atoms with Crippen LogP contribution >= 0.6 is 0 Å². The Morgan fingerprint density at radius 2 is 2.32 bits per heavy atom. The molecule has 2 aromatic rings. The van der Waals surface area contributed by atoms with Gasteiger partial charge in [0.15, 0.2) is 0 Å². The van der Waals surface area contributed by atoms with Crippen LogP contribution < -0.4 is 11.1 Å². The predicted molar refractivity (Wildman–Crippen MR) is 75.5 cm³/mol. The van der Waals surface area contributed by atoms with Crippen LogP contribution in [-0.4, -0.2) is 40.9 Å². The molecule has 2 rings (SSSR count). The molecule has 1 aromatic carbocycles.